The van der Waals surface area contributed by atoms with Crippen molar-refractivity contribution >= 4 is 51.0 Å². The van der Waals surface area contributed by atoms with Crippen molar-refractivity contribution in [2.24, 2.45) is 0 Å². The van der Waals surface area contributed by atoms with Crippen LogP contribution in [-0.4, -0.2) is 23.1 Å². The number of rotatable bonds is 6. The van der Waals surface area contributed by atoms with Crippen molar-refractivity contribution in [3.63, 3.8) is 0 Å². The van der Waals surface area contributed by atoms with Gasteiger partial charge in [0.25, 0.3) is 5.69 Å². The first-order chi connectivity index (χ1) is 14.0. The second-order valence-corrected chi connectivity index (χ2v) is 7.54. The number of nitrogens with one attached hydrogen (secondary N) is 2. The lowest BCUT2D eigenvalue weighted by Gasteiger charge is -2.10. The number of nitro benzene ring substituents is 1. The molecule has 1 aromatic heterocycles. The lowest BCUT2D eigenvalue weighted by molar-refractivity contribution is -0.384. The molecule has 0 atom stereocenters. The summed E-state index contributed by atoms with van der Waals surface area (Å²) in [6.07, 6.45) is 0.669. The molecule has 0 unspecified atom stereocenters. The molecule has 0 amide bonds. The smallest absolute Gasteiger partial charge is 0.340 e. The van der Waals surface area contributed by atoms with Crippen molar-refractivity contribution < 1.29 is 14.5 Å². The third kappa shape index (κ3) is 5.37. The van der Waals surface area contributed by atoms with Crippen molar-refractivity contribution in [3.05, 3.63) is 86.8 Å². The molecule has 2 N–H and O–H groups in total. The minimum absolute atomic E-state index is 0.0469. The molecule has 7 nitrogen and oxygen atoms in total. The highest BCUT2D eigenvalue weighted by molar-refractivity contribution is 7.80. The predicted octanol–water partition coefficient (Wildman–Crippen LogP) is 4.84. The Morgan fingerprint density at radius 1 is 1.14 bits per heavy atom. The first kappa shape index (κ1) is 20.4. The Balaban J connectivity index is 1.78. The first-order valence-electron chi connectivity index (χ1n) is 8.53. The van der Waals surface area contributed by atoms with Crippen molar-refractivity contribution in [3.8, 4) is 0 Å². The van der Waals surface area contributed by atoms with Gasteiger partial charge in [-0.1, -0.05) is 36.4 Å². The highest BCUT2D eigenvalue weighted by atomic mass is 32.1. The second kappa shape index (κ2) is 9.26. The zero-order valence-electron chi connectivity index (χ0n) is 15.4. The van der Waals surface area contributed by atoms with Crippen molar-refractivity contribution in [2.45, 2.75) is 6.42 Å². The number of thiophene rings is 1. The van der Waals surface area contributed by atoms with Crippen LogP contribution in [0.4, 0.5) is 16.4 Å². The number of methoxy groups -OCH3 is 1. The average molecular weight is 428 g/mol. The number of non-ortho nitro benzene ring substituents is 1. The van der Waals surface area contributed by atoms with Crippen LogP contribution in [0.25, 0.3) is 0 Å². The number of hydrogen-bond acceptors (Lipinski definition) is 6. The summed E-state index contributed by atoms with van der Waals surface area (Å²) in [6, 6.07) is 17.7. The molecular weight excluding hydrogens is 410 g/mol. The fourth-order valence-electron chi connectivity index (χ4n) is 2.64. The van der Waals surface area contributed by atoms with E-state index in [1.54, 1.807) is 18.2 Å². The van der Waals surface area contributed by atoms with Gasteiger partial charge in [-0.25, -0.2) is 4.79 Å². The van der Waals surface area contributed by atoms with Crippen LogP contribution in [0.5, 0.6) is 0 Å². The Morgan fingerprint density at radius 2 is 1.90 bits per heavy atom. The highest BCUT2D eigenvalue weighted by Gasteiger charge is 2.18. The van der Waals surface area contributed by atoms with E-state index in [9.17, 15) is 14.9 Å². The Bertz CT molecular complexity index is 1050. The van der Waals surface area contributed by atoms with E-state index in [0.29, 0.717) is 22.7 Å². The van der Waals surface area contributed by atoms with E-state index in [2.05, 4.69) is 10.6 Å². The van der Waals surface area contributed by atoms with E-state index in [4.69, 9.17) is 17.0 Å². The summed E-state index contributed by atoms with van der Waals surface area (Å²) in [5.74, 6) is -0.471. The number of carbonyl (C=O) groups excluding carboxylic acids is 1. The summed E-state index contributed by atoms with van der Waals surface area (Å²) in [6.45, 7) is 0. The number of ether oxygens (including phenoxy) is 1. The lowest BCUT2D eigenvalue weighted by Crippen LogP contribution is -2.19. The molecule has 3 rings (SSSR count). The Hall–Kier alpha value is -3.30. The van der Waals surface area contributed by atoms with Gasteiger partial charge in [0, 0.05) is 29.1 Å². The average Bonchev–Trinajstić information content (AvgIpc) is 3.10. The summed E-state index contributed by atoms with van der Waals surface area (Å²) in [4.78, 5) is 23.6. The highest BCUT2D eigenvalue weighted by Crippen LogP contribution is 2.31. The van der Waals surface area contributed by atoms with Gasteiger partial charge in [0.1, 0.15) is 5.00 Å². The Morgan fingerprint density at radius 3 is 2.59 bits per heavy atom. The summed E-state index contributed by atoms with van der Waals surface area (Å²) >= 11 is 6.71. The van der Waals surface area contributed by atoms with Gasteiger partial charge in [-0.05, 0) is 29.9 Å². The molecule has 29 heavy (non-hydrogen) atoms. The molecule has 0 aliphatic heterocycles. The van der Waals surface area contributed by atoms with Gasteiger partial charge in [-0.15, -0.1) is 11.3 Å². The predicted molar refractivity (Wildman–Crippen MR) is 118 cm³/mol. The van der Waals surface area contributed by atoms with Crippen LogP contribution in [-0.2, 0) is 11.2 Å². The number of esters is 1. The third-order valence-corrected chi connectivity index (χ3v) is 5.21. The summed E-state index contributed by atoms with van der Waals surface area (Å²) in [7, 11) is 1.32. The molecule has 0 spiro atoms. The van der Waals surface area contributed by atoms with Gasteiger partial charge in [-0.3, -0.25) is 10.1 Å². The van der Waals surface area contributed by atoms with Gasteiger partial charge >= 0.3 is 5.97 Å². The van der Waals surface area contributed by atoms with Gasteiger partial charge in [0.05, 0.1) is 17.6 Å². The zero-order chi connectivity index (χ0) is 20.8. The van der Waals surface area contributed by atoms with E-state index < -0.39 is 10.9 Å². The molecule has 0 radical (unpaired) electrons. The van der Waals surface area contributed by atoms with E-state index in [0.717, 1.165) is 10.4 Å². The molecule has 148 valence electrons. The summed E-state index contributed by atoms with van der Waals surface area (Å²) < 4.78 is 4.87. The van der Waals surface area contributed by atoms with Crippen LogP contribution in [0.15, 0.2) is 60.7 Å². The quantitative estimate of drug-likeness (QED) is 0.252. The molecule has 0 aliphatic rings. The summed E-state index contributed by atoms with van der Waals surface area (Å²) in [5.41, 5.74) is 1.92. The fraction of sp³-hybridized carbons (Fsp3) is 0.100. The number of nitrogens with zero attached hydrogens (tertiary/aromatic N) is 1. The molecule has 0 saturated carbocycles. The zero-order valence-corrected chi connectivity index (χ0v) is 17.0. The van der Waals surface area contributed by atoms with Crippen molar-refractivity contribution in [1.82, 2.24) is 0 Å². The minimum Gasteiger partial charge on any atom is -0.465 e. The third-order valence-electron chi connectivity index (χ3n) is 3.95. The van der Waals surface area contributed by atoms with E-state index in [-0.39, 0.29) is 10.8 Å². The van der Waals surface area contributed by atoms with Crippen LogP contribution in [0.2, 0.25) is 0 Å². The molecule has 3 aromatic rings. The molecule has 0 fully saturated rings. The molecule has 0 bridgehead atoms. The summed E-state index contributed by atoms with van der Waals surface area (Å²) in [5, 5.41) is 17.6. The monoisotopic (exact) mass is 427 g/mol. The number of benzene rings is 2. The fourth-order valence-corrected chi connectivity index (χ4v) is 4.01. The normalized spacial score (nSPS) is 10.2. The van der Waals surface area contributed by atoms with Crippen molar-refractivity contribution in [1.29, 1.82) is 0 Å². The maximum absolute atomic E-state index is 12.2. The minimum atomic E-state index is -0.480. The van der Waals surface area contributed by atoms with Crippen LogP contribution in [0, 0.1) is 10.1 Å². The lowest BCUT2D eigenvalue weighted by atomic mass is 10.1. The maximum Gasteiger partial charge on any atom is 0.340 e. The standard InChI is InChI=1S/C20H17N3O4S2/c1-27-19(24)17-12-16(10-13-6-3-2-4-7-13)29-18(17)22-20(28)21-14-8-5-9-15(11-14)23(25)26/h2-9,11-12H,10H2,1H3,(H2,21,22,28). The molecule has 0 saturated heterocycles. The number of carbonyl (C=O) groups is 1. The Labute approximate surface area is 176 Å². The molecule has 0 aliphatic carbocycles. The SMILES string of the molecule is COC(=O)c1cc(Cc2ccccc2)sc1NC(=S)Nc1cccc([N+](=O)[O-])c1. The second-order valence-electron chi connectivity index (χ2n) is 6.00. The number of nitro groups is 1. The first-order valence-corrected chi connectivity index (χ1v) is 9.76. The molecule has 1 heterocycles. The van der Waals surface area contributed by atoms with E-state index in [1.165, 1.54) is 30.6 Å². The molecule has 2 aromatic carbocycles. The number of hydrogen-bond donors (Lipinski definition) is 2. The van der Waals surface area contributed by atoms with Gasteiger partial charge in [-0.2, -0.15) is 0 Å². The van der Waals surface area contributed by atoms with E-state index >= 15 is 0 Å². The van der Waals surface area contributed by atoms with Gasteiger partial charge < -0.3 is 15.4 Å². The van der Waals surface area contributed by atoms with Gasteiger partial charge in [0.15, 0.2) is 5.11 Å². The number of thiocarbonyl (C=S) groups is 1. The van der Waals surface area contributed by atoms with Crippen LogP contribution in [0.3, 0.4) is 0 Å². The number of anilines is 2. The van der Waals surface area contributed by atoms with Crippen LogP contribution >= 0.6 is 23.6 Å². The largest absolute Gasteiger partial charge is 0.465 e. The topological polar surface area (TPSA) is 93.5 Å². The molecular formula is C20H17N3O4S2. The van der Waals surface area contributed by atoms with Crippen LogP contribution < -0.4 is 10.6 Å². The Kier molecular flexibility index (Phi) is 6.53. The molecule has 9 heteroatoms. The van der Waals surface area contributed by atoms with Crippen molar-refractivity contribution in [2.75, 3.05) is 17.7 Å². The van der Waals surface area contributed by atoms with Crippen LogP contribution in [0.1, 0.15) is 20.8 Å². The maximum atomic E-state index is 12.2. The van der Waals surface area contributed by atoms with Gasteiger partial charge in [0.2, 0.25) is 0 Å². The van der Waals surface area contributed by atoms with E-state index in [1.807, 2.05) is 30.3 Å².